The van der Waals surface area contributed by atoms with Crippen molar-refractivity contribution < 1.29 is 28.5 Å². The predicted octanol–water partition coefficient (Wildman–Crippen LogP) is 3.06. The molecule has 0 saturated carbocycles. The Bertz CT molecular complexity index is 1340. The molecule has 1 atom stereocenters. The summed E-state index contributed by atoms with van der Waals surface area (Å²) in [5.74, 6) is 1.28. The van der Waals surface area contributed by atoms with Crippen molar-refractivity contribution in [1.29, 1.82) is 0 Å². The third-order valence-corrected chi connectivity index (χ3v) is 7.02. The monoisotopic (exact) mass is 506 g/mol. The molecule has 3 heterocycles. The Labute approximate surface area is 215 Å². The van der Waals surface area contributed by atoms with Crippen LogP contribution in [0.1, 0.15) is 28.8 Å². The molecule has 0 aliphatic carbocycles. The zero-order chi connectivity index (χ0) is 26.1. The van der Waals surface area contributed by atoms with Gasteiger partial charge in [-0.15, -0.1) is 0 Å². The molecule has 1 fully saturated rings. The molecule has 0 unspecified atom stereocenters. The Morgan fingerprint density at radius 2 is 1.84 bits per heavy atom. The minimum Gasteiger partial charge on any atom is -0.493 e. The lowest BCUT2D eigenvalue weighted by molar-refractivity contribution is -0.131. The predicted molar refractivity (Wildman–Crippen MR) is 137 cm³/mol. The van der Waals surface area contributed by atoms with Gasteiger partial charge in [0, 0.05) is 56.3 Å². The first-order valence-corrected chi connectivity index (χ1v) is 12.2. The summed E-state index contributed by atoms with van der Waals surface area (Å²) in [5, 5.41) is 1.69. The van der Waals surface area contributed by atoms with Gasteiger partial charge in [-0.1, -0.05) is 0 Å². The number of aromatic nitrogens is 2. The van der Waals surface area contributed by atoms with Gasteiger partial charge in [0.25, 0.3) is 0 Å². The highest BCUT2D eigenvalue weighted by Gasteiger charge is 2.34. The minimum absolute atomic E-state index is 0.0258. The fourth-order valence-corrected chi connectivity index (χ4v) is 5.10. The molecule has 1 saturated heterocycles. The van der Waals surface area contributed by atoms with E-state index in [1.807, 2.05) is 23.1 Å². The molecule has 37 heavy (non-hydrogen) atoms. The number of nitrogens with zero attached hydrogens (tertiary/aromatic N) is 4. The Hall–Kier alpha value is -3.92. The number of esters is 1. The number of anilines is 1. The van der Waals surface area contributed by atoms with Gasteiger partial charge in [-0.2, -0.15) is 0 Å². The van der Waals surface area contributed by atoms with Crippen LogP contribution < -0.4 is 14.4 Å². The van der Waals surface area contributed by atoms with Crippen molar-refractivity contribution in [3.05, 3.63) is 41.7 Å². The van der Waals surface area contributed by atoms with Crippen molar-refractivity contribution in [3.8, 4) is 22.6 Å². The van der Waals surface area contributed by atoms with Gasteiger partial charge in [-0.05, 0) is 41.8 Å². The highest BCUT2D eigenvalue weighted by atomic mass is 16.5. The Morgan fingerprint density at radius 1 is 1.11 bits per heavy atom. The molecule has 0 N–H and O–H groups in total. The van der Waals surface area contributed by atoms with Crippen molar-refractivity contribution in [2.75, 3.05) is 53.0 Å². The average Bonchev–Trinajstić information content (AvgIpc) is 3.56. The zero-order valence-electron chi connectivity index (χ0n) is 21.4. The number of carbonyl (C=O) groups is 2. The topological polar surface area (TPSA) is 103 Å². The maximum atomic E-state index is 13.0. The summed E-state index contributed by atoms with van der Waals surface area (Å²) in [6, 6.07) is 5.36. The number of likely N-dealkylation sites (N-methyl/N-ethyl adjacent to an activating group) is 1. The lowest BCUT2D eigenvalue weighted by Gasteiger charge is -2.28. The summed E-state index contributed by atoms with van der Waals surface area (Å²) >= 11 is 0. The highest BCUT2D eigenvalue weighted by Crippen LogP contribution is 2.42. The summed E-state index contributed by atoms with van der Waals surface area (Å²) < 4.78 is 21.5. The molecule has 1 amide bonds. The first-order chi connectivity index (χ1) is 18.0. The molecular weight excluding hydrogens is 476 g/mol. The fourth-order valence-electron chi connectivity index (χ4n) is 5.10. The van der Waals surface area contributed by atoms with Crippen LogP contribution in [0, 0.1) is 0 Å². The number of carbonyl (C=O) groups excluding carboxylic acids is 2. The van der Waals surface area contributed by atoms with Crippen LogP contribution in [-0.4, -0.2) is 80.9 Å². The molecule has 10 heteroatoms. The second-order valence-corrected chi connectivity index (χ2v) is 9.17. The Balaban J connectivity index is 1.53. The number of rotatable bonds is 8. The Kier molecular flexibility index (Phi) is 6.84. The van der Waals surface area contributed by atoms with Crippen molar-refractivity contribution in [1.82, 2.24) is 14.9 Å². The standard InChI is InChI=1S/C27H30N4O6/c1-30(8-9-34-2)25(32)20-6-5-7-31(20)27-28-13-18(14-29-27)23-19-12-22(36-4)21(35-3)11-16(19)10-17-15-37-26(33)24(17)23/h10-14,20H,5-9,15H2,1-4H3/t20-/m0/s1. The normalized spacial score (nSPS) is 16.6. The molecule has 0 radical (unpaired) electrons. The molecule has 194 valence electrons. The molecule has 2 aliphatic heterocycles. The SMILES string of the molecule is COCCN(C)C(=O)[C@@H]1CCCN1c1ncc(-c2c3c(cc4cc(OC)c(OC)cc24)COC3=O)cn1. The third kappa shape index (κ3) is 4.42. The van der Waals surface area contributed by atoms with Gasteiger partial charge in [0.2, 0.25) is 11.9 Å². The van der Waals surface area contributed by atoms with Crippen molar-refractivity contribution >= 4 is 28.6 Å². The number of hydrogen-bond acceptors (Lipinski definition) is 9. The smallest absolute Gasteiger partial charge is 0.339 e. The molecule has 0 spiro atoms. The maximum Gasteiger partial charge on any atom is 0.339 e. The van der Waals surface area contributed by atoms with Crippen molar-refractivity contribution in [2.24, 2.45) is 0 Å². The van der Waals surface area contributed by atoms with Gasteiger partial charge in [-0.25, -0.2) is 14.8 Å². The lowest BCUT2D eigenvalue weighted by atomic mass is 9.91. The van der Waals surface area contributed by atoms with Gasteiger partial charge >= 0.3 is 5.97 Å². The van der Waals surface area contributed by atoms with E-state index < -0.39 is 0 Å². The van der Waals surface area contributed by atoms with E-state index in [0.717, 1.165) is 29.2 Å². The zero-order valence-corrected chi connectivity index (χ0v) is 21.4. The maximum absolute atomic E-state index is 13.0. The number of fused-ring (bicyclic) bond motifs is 2. The first-order valence-electron chi connectivity index (χ1n) is 12.2. The Morgan fingerprint density at radius 3 is 2.54 bits per heavy atom. The summed E-state index contributed by atoms with van der Waals surface area (Å²) in [4.78, 5) is 38.7. The van der Waals surface area contributed by atoms with Crippen LogP contribution in [0.15, 0.2) is 30.6 Å². The lowest BCUT2D eigenvalue weighted by Crippen LogP contribution is -2.45. The van der Waals surface area contributed by atoms with Crippen LogP contribution in [0.2, 0.25) is 0 Å². The van der Waals surface area contributed by atoms with E-state index in [4.69, 9.17) is 18.9 Å². The van der Waals surface area contributed by atoms with Gasteiger partial charge in [0.1, 0.15) is 12.6 Å². The van der Waals surface area contributed by atoms with Crippen molar-refractivity contribution in [2.45, 2.75) is 25.5 Å². The molecule has 10 nitrogen and oxygen atoms in total. The van der Waals surface area contributed by atoms with E-state index in [1.54, 1.807) is 45.7 Å². The third-order valence-electron chi connectivity index (χ3n) is 7.02. The van der Waals surface area contributed by atoms with Gasteiger partial charge in [-0.3, -0.25) is 4.79 Å². The second-order valence-electron chi connectivity index (χ2n) is 9.17. The number of hydrogen-bond donors (Lipinski definition) is 0. The largest absolute Gasteiger partial charge is 0.493 e. The van der Waals surface area contributed by atoms with E-state index in [2.05, 4.69) is 9.97 Å². The van der Waals surface area contributed by atoms with Gasteiger partial charge in [0.15, 0.2) is 11.5 Å². The van der Waals surface area contributed by atoms with Crippen LogP contribution >= 0.6 is 0 Å². The summed E-state index contributed by atoms with van der Waals surface area (Å²) in [7, 11) is 6.56. The van der Waals surface area contributed by atoms with E-state index in [-0.39, 0.29) is 24.5 Å². The molecule has 5 rings (SSSR count). The molecule has 1 aromatic heterocycles. The molecular formula is C27H30N4O6. The number of methoxy groups -OCH3 is 3. The summed E-state index contributed by atoms with van der Waals surface area (Å²) in [6.45, 7) is 1.91. The summed E-state index contributed by atoms with van der Waals surface area (Å²) in [5.41, 5.74) is 2.67. The number of cyclic esters (lactones) is 1. The number of ether oxygens (including phenoxy) is 4. The quantitative estimate of drug-likeness (QED) is 0.427. The molecule has 0 bridgehead atoms. The van der Waals surface area contributed by atoms with Crippen LogP contribution in [0.25, 0.3) is 21.9 Å². The molecule has 2 aliphatic rings. The van der Waals surface area contributed by atoms with E-state index >= 15 is 0 Å². The average molecular weight is 507 g/mol. The van der Waals surface area contributed by atoms with Crippen molar-refractivity contribution in [3.63, 3.8) is 0 Å². The van der Waals surface area contributed by atoms with E-state index in [1.165, 1.54) is 0 Å². The van der Waals surface area contributed by atoms with E-state index in [0.29, 0.717) is 53.8 Å². The van der Waals surface area contributed by atoms with Gasteiger partial charge in [0.05, 0.1) is 26.4 Å². The van der Waals surface area contributed by atoms with E-state index in [9.17, 15) is 9.59 Å². The fraction of sp³-hybridized carbons (Fsp3) is 0.407. The molecule has 3 aromatic rings. The van der Waals surface area contributed by atoms with Crippen LogP contribution in [-0.2, 0) is 20.9 Å². The van der Waals surface area contributed by atoms with Crippen LogP contribution in [0.5, 0.6) is 11.5 Å². The van der Waals surface area contributed by atoms with Gasteiger partial charge < -0.3 is 28.7 Å². The minimum atomic E-state index is -0.380. The first kappa shape index (κ1) is 24.8. The molecule has 2 aromatic carbocycles. The highest BCUT2D eigenvalue weighted by molar-refractivity contribution is 6.11. The number of benzene rings is 2. The van der Waals surface area contributed by atoms with Crippen LogP contribution in [0.3, 0.4) is 0 Å². The second kappa shape index (κ2) is 10.2. The summed E-state index contributed by atoms with van der Waals surface area (Å²) in [6.07, 6.45) is 5.03. The van der Waals surface area contributed by atoms with Crippen LogP contribution in [0.4, 0.5) is 5.95 Å². The number of amides is 1.